The van der Waals surface area contributed by atoms with Crippen LogP contribution in [0.1, 0.15) is 11.5 Å². The zero-order valence-corrected chi connectivity index (χ0v) is 11.7. The van der Waals surface area contributed by atoms with Crippen LogP contribution in [0.3, 0.4) is 0 Å². The summed E-state index contributed by atoms with van der Waals surface area (Å²) in [5, 5.41) is 5.09. The van der Waals surface area contributed by atoms with Gasteiger partial charge in [0.15, 0.2) is 0 Å². The number of carbonyl (C=O) groups excluding carboxylic acids is 1. The van der Waals surface area contributed by atoms with Crippen molar-refractivity contribution >= 4 is 28.4 Å². The number of anilines is 1. The summed E-state index contributed by atoms with van der Waals surface area (Å²) in [6, 6.07) is 17.6. The Morgan fingerprint density at radius 1 is 1.05 bits per heavy atom. The van der Waals surface area contributed by atoms with Gasteiger partial charge in [-0.15, -0.1) is 0 Å². The zero-order chi connectivity index (χ0) is 14.7. The van der Waals surface area contributed by atoms with Gasteiger partial charge in [0, 0.05) is 11.8 Å². The molecule has 1 N–H and O–H groups in total. The van der Waals surface area contributed by atoms with Gasteiger partial charge in [-0.3, -0.25) is 4.79 Å². The predicted octanol–water partition coefficient (Wildman–Crippen LogP) is 4.39. The molecular formula is C18H15NO2. The molecule has 0 unspecified atom stereocenters. The molecule has 0 saturated carbocycles. The number of carbonyl (C=O) groups is 1. The first-order chi connectivity index (χ1) is 10.2. The van der Waals surface area contributed by atoms with Crippen molar-refractivity contribution in [1.82, 2.24) is 0 Å². The highest BCUT2D eigenvalue weighted by atomic mass is 16.3. The molecule has 0 aliphatic carbocycles. The van der Waals surface area contributed by atoms with Gasteiger partial charge in [0.25, 0.3) is 0 Å². The number of furan rings is 1. The summed E-state index contributed by atoms with van der Waals surface area (Å²) in [6.07, 6.45) is 3.12. The van der Waals surface area contributed by atoms with Crippen molar-refractivity contribution < 1.29 is 9.21 Å². The zero-order valence-electron chi connectivity index (χ0n) is 11.7. The Labute approximate surface area is 122 Å². The minimum Gasteiger partial charge on any atom is -0.462 e. The van der Waals surface area contributed by atoms with E-state index in [-0.39, 0.29) is 5.91 Å². The quantitative estimate of drug-likeness (QED) is 0.721. The van der Waals surface area contributed by atoms with E-state index in [0.29, 0.717) is 5.76 Å². The van der Waals surface area contributed by atoms with Gasteiger partial charge in [-0.2, -0.15) is 0 Å². The lowest BCUT2D eigenvalue weighted by molar-refractivity contribution is -0.111. The molecule has 3 rings (SSSR count). The van der Waals surface area contributed by atoms with Crippen LogP contribution < -0.4 is 5.32 Å². The number of hydrogen-bond acceptors (Lipinski definition) is 2. The van der Waals surface area contributed by atoms with E-state index in [0.717, 1.165) is 22.2 Å². The molecule has 0 saturated heterocycles. The molecule has 0 aliphatic rings. The average molecular weight is 277 g/mol. The second-order valence-electron chi connectivity index (χ2n) is 4.83. The van der Waals surface area contributed by atoms with Gasteiger partial charge < -0.3 is 9.73 Å². The molecule has 1 aromatic heterocycles. The van der Waals surface area contributed by atoms with Gasteiger partial charge in [-0.1, -0.05) is 30.3 Å². The minimum absolute atomic E-state index is 0.181. The smallest absolute Gasteiger partial charge is 0.248 e. The van der Waals surface area contributed by atoms with Crippen LogP contribution in [0.4, 0.5) is 5.69 Å². The van der Waals surface area contributed by atoms with Gasteiger partial charge >= 0.3 is 0 Å². The molecule has 0 aliphatic heterocycles. The van der Waals surface area contributed by atoms with Crippen molar-refractivity contribution in [1.29, 1.82) is 0 Å². The molecular weight excluding hydrogens is 262 g/mol. The average Bonchev–Trinajstić information content (AvgIpc) is 2.91. The number of nitrogens with one attached hydrogen (secondary N) is 1. The first kappa shape index (κ1) is 13.2. The standard InChI is InChI=1S/C18H15NO2/c1-13-6-9-17(21-13)10-11-18(20)19-16-8-7-14-4-2-3-5-15(14)12-16/h2-12H,1H3,(H,19,20)/b11-10+. The van der Waals surface area contributed by atoms with Crippen molar-refractivity contribution in [2.75, 3.05) is 5.32 Å². The number of benzene rings is 2. The van der Waals surface area contributed by atoms with E-state index in [2.05, 4.69) is 5.32 Å². The van der Waals surface area contributed by atoms with E-state index in [1.165, 1.54) is 6.08 Å². The first-order valence-electron chi connectivity index (χ1n) is 6.75. The number of aryl methyl sites for hydroxylation is 1. The minimum atomic E-state index is -0.181. The predicted molar refractivity (Wildman–Crippen MR) is 85.1 cm³/mol. The first-order valence-corrected chi connectivity index (χ1v) is 6.75. The molecule has 1 heterocycles. The summed E-state index contributed by atoms with van der Waals surface area (Å²) in [4.78, 5) is 11.9. The molecule has 0 bridgehead atoms. The highest BCUT2D eigenvalue weighted by molar-refractivity contribution is 6.02. The number of amides is 1. The van der Waals surface area contributed by atoms with Gasteiger partial charge in [-0.25, -0.2) is 0 Å². The van der Waals surface area contributed by atoms with Crippen LogP contribution >= 0.6 is 0 Å². The topological polar surface area (TPSA) is 42.2 Å². The largest absolute Gasteiger partial charge is 0.462 e. The fraction of sp³-hybridized carbons (Fsp3) is 0.0556. The Balaban J connectivity index is 1.72. The summed E-state index contributed by atoms with van der Waals surface area (Å²) < 4.78 is 5.37. The third kappa shape index (κ3) is 3.20. The summed E-state index contributed by atoms with van der Waals surface area (Å²) in [6.45, 7) is 1.87. The van der Waals surface area contributed by atoms with E-state index >= 15 is 0 Å². The molecule has 0 spiro atoms. The van der Waals surface area contributed by atoms with E-state index < -0.39 is 0 Å². The maximum absolute atomic E-state index is 11.9. The van der Waals surface area contributed by atoms with Crippen LogP contribution in [0, 0.1) is 6.92 Å². The Morgan fingerprint density at radius 2 is 1.86 bits per heavy atom. The van der Waals surface area contributed by atoms with Gasteiger partial charge in [0.1, 0.15) is 11.5 Å². The molecule has 2 aromatic carbocycles. The van der Waals surface area contributed by atoms with Gasteiger partial charge in [-0.05, 0) is 48.0 Å². The van der Waals surface area contributed by atoms with E-state index in [4.69, 9.17) is 4.42 Å². The summed E-state index contributed by atoms with van der Waals surface area (Å²) >= 11 is 0. The normalized spacial score (nSPS) is 11.1. The molecule has 3 nitrogen and oxygen atoms in total. The van der Waals surface area contributed by atoms with Crippen LogP contribution in [0.25, 0.3) is 16.8 Å². The highest BCUT2D eigenvalue weighted by Crippen LogP contribution is 2.18. The molecule has 0 atom stereocenters. The third-order valence-corrected chi connectivity index (χ3v) is 3.18. The summed E-state index contributed by atoms with van der Waals surface area (Å²) in [7, 11) is 0. The lowest BCUT2D eigenvalue weighted by Crippen LogP contribution is -2.07. The lowest BCUT2D eigenvalue weighted by Gasteiger charge is -2.04. The molecule has 0 fully saturated rings. The fourth-order valence-electron chi connectivity index (χ4n) is 2.15. The van der Waals surface area contributed by atoms with Crippen LogP contribution in [-0.2, 0) is 4.79 Å². The molecule has 3 heteroatoms. The lowest BCUT2D eigenvalue weighted by atomic mass is 10.1. The van der Waals surface area contributed by atoms with Crippen LogP contribution in [0.2, 0.25) is 0 Å². The second kappa shape index (κ2) is 5.67. The van der Waals surface area contributed by atoms with Crippen molar-refractivity contribution in [2.24, 2.45) is 0 Å². The third-order valence-electron chi connectivity index (χ3n) is 3.18. The van der Waals surface area contributed by atoms with Crippen LogP contribution in [0.5, 0.6) is 0 Å². The molecule has 3 aromatic rings. The second-order valence-corrected chi connectivity index (χ2v) is 4.83. The fourth-order valence-corrected chi connectivity index (χ4v) is 2.15. The van der Waals surface area contributed by atoms with Crippen LogP contribution in [-0.4, -0.2) is 5.91 Å². The van der Waals surface area contributed by atoms with Gasteiger partial charge in [0.05, 0.1) is 0 Å². The Kier molecular flexibility index (Phi) is 3.56. The number of rotatable bonds is 3. The van der Waals surface area contributed by atoms with E-state index in [9.17, 15) is 4.79 Å². The maximum atomic E-state index is 11.9. The SMILES string of the molecule is Cc1ccc(/C=C/C(=O)Nc2ccc3ccccc3c2)o1. The molecule has 1 amide bonds. The highest BCUT2D eigenvalue weighted by Gasteiger charge is 2.00. The molecule has 21 heavy (non-hydrogen) atoms. The van der Waals surface area contributed by atoms with Crippen molar-refractivity contribution in [3.8, 4) is 0 Å². The molecule has 104 valence electrons. The number of hydrogen-bond donors (Lipinski definition) is 1. The van der Waals surface area contributed by atoms with Crippen LogP contribution in [0.15, 0.2) is 65.1 Å². The van der Waals surface area contributed by atoms with E-state index in [1.54, 1.807) is 6.08 Å². The Hall–Kier alpha value is -2.81. The Bertz CT molecular complexity index is 815. The van der Waals surface area contributed by atoms with Gasteiger partial charge in [0.2, 0.25) is 5.91 Å². The Morgan fingerprint density at radius 3 is 2.62 bits per heavy atom. The van der Waals surface area contributed by atoms with E-state index in [1.807, 2.05) is 61.5 Å². The maximum Gasteiger partial charge on any atom is 0.248 e. The van der Waals surface area contributed by atoms with Crippen molar-refractivity contribution in [2.45, 2.75) is 6.92 Å². The molecule has 0 radical (unpaired) electrons. The van der Waals surface area contributed by atoms with Crippen molar-refractivity contribution in [3.63, 3.8) is 0 Å². The summed E-state index contributed by atoms with van der Waals surface area (Å²) in [5.41, 5.74) is 0.777. The number of fused-ring (bicyclic) bond motifs is 1. The monoisotopic (exact) mass is 277 g/mol. The van der Waals surface area contributed by atoms with Crippen molar-refractivity contribution in [3.05, 3.63) is 72.2 Å². The summed E-state index contributed by atoms with van der Waals surface area (Å²) in [5.74, 6) is 1.31.